The molecule has 0 fully saturated rings. The lowest BCUT2D eigenvalue weighted by molar-refractivity contribution is 0.449. The smallest absolute Gasteiger partial charge is 0.214 e. The van der Waals surface area contributed by atoms with E-state index in [9.17, 15) is 18.6 Å². The van der Waals surface area contributed by atoms with E-state index in [0.717, 1.165) is 22.3 Å². The SMILES string of the molecule is Cc1cc(S(=O)(=O)c2c(O)cc(C)c(C)c2C)c(O)c(C)c1C. The Bertz CT molecular complexity index is 910. The molecule has 0 aromatic heterocycles. The number of sulfone groups is 1. The van der Waals surface area contributed by atoms with Crippen molar-refractivity contribution in [3.05, 3.63) is 45.5 Å². The normalized spacial score (nSPS) is 11.7. The van der Waals surface area contributed by atoms with Gasteiger partial charge in [0, 0.05) is 0 Å². The average molecular weight is 334 g/mol. The van der Waals surface area contributed by atoms with Crippen molar-refractivity contribution in [2.24, 2.45) is 0 Å². The Hall–Kier alpha value is -2.01. The van der Waals surface area contributed by atoms with E-state index in [2.05, 4.69) is 0 Å². The summed E-state index contributed by atoms with van der Waals surface area (Å²) in [5, 5.41) is 20.6. The van der Waals surface area contributed by atoms with Gasteiger partial charge in [0.25, 0.3) is 0 Å². The number of rotatable bonds is 2. The first-order valence-corrected chi connectivity index (χ1v) is 8.83. The average Bonchev–Trinajstić information content (AvgIpc) is 2.46. The largest absolute Gasteiger partial charge is 0.507 e. The molecule has 0 saturated heterocycles. The van der Waals surface area contributed by atoms with Gasteiger partial charge in [0.1, 0.15) is 21.3 Å². The third kappa shape index (κ3) is 2.59. The number of benzene rings is 2. The fourth-order valence-electron chi connectivity index (χ4n) is 2.72. The van der Waals surface area contributed by atoms with Gasteiger partial charge in [0.15, 0.2) is 0 Å². The van der Waals surface area contributed by atoms with Crippen LogP contribution in [0.1, 0.15) is 33.4 Å². The Balaban J connectivity index is 2.88. The highest BCUT2D eigenvalue weighted by Crippen LogP contribution is 2.40. The molecule has 0 aliphatic rings. The Labute approximate surface area is 137 Å². The number of phenols is 2. The zero-order valence-electron chi connectivity index (χ0n) is 14.3. The van der Waals surface area contributed by atoms with Crippen LogP contribution < -0.4 is 0 Å². The highest BCUT2D eigenvalue weighted by atomic mass is 32.2. The van der Waals surface area contributed by atoms with Crippen molar-refractivity contribution in [2.75, 3.05) is 0 Å². The van der Waals surface area contributed by atoms with Crippen molar-refractivity contribution in [3.8, 4) is 11.5 Å². The van der Waals surface area contributed by atoms with Gasteiger partial charge in [-0.3, -0.25) is 0 Å². The zero-order valence-corrected chi connectivity index (χ0v) is 15.1. The molecule has 2 rings (SSSR count). The topological polar surface area (TPSA) is 74.6 Å². The highest BCUT2D eigenvalue weighted by molar-refractivity contribution is 7.91. The first kappa shape index (κ1) is 17.3. The molecule has 0 aliphatic carbocycles. The van der Waals surface area contributed by atoms with E-state index in [1.807, 2.05) is 20.8 Å². The van der Waals surface area contributed by atoms with Gasteiger partial charge in [-0.1, -0.05) is 0 Å². The predicted octanol–water partition coefficient (Wildman–Crippen LogP) is 3.78. The van der Waals surface area contributed by atoms with E-state index in [0.29, 0.717) is 11.1 Å². The lowest BCUT2D eigenvalue weighted by Gasteiger charge is -2.17. The Kier molecular flexibility index (Phi) is 4.20. The van der Waals surface area contributed by atoms with Gasteiger partial charge < -0.3 is 10.2 Å². The van der Waals surface area contributed by atoms with Gasteiger partial charge in [-0.15, -0.1) is 0 Å². The Morgan fingerprint density at radius 2 is 1.22 bits per heavy atom. The lowest BCUT2D eigenvalue weighted by Crippen LogP contribution is -2.08. The number of phenolic OH excluding ortho intramolecular Hbond substituents is 2. The predicted molar refractivity (Wildman–Crippen MR) is 90.1 cm³/mol. The fourth-order valence-corrected chi connectivity index (χ4v) is 4.57. The molecule has 5 heteroatoms. The molecule has 2 aromatic carbocycles. The van der Waals surface area contributed by atoms with Crippen LogP contribution in [0.2, 0.25) is 0 Å². The summed E-state index contributed by atoms with van der Waals surface area (Å²) >= 11 is 0. The van der Waals surface area contributed by atoms with Gasteiger partial charge in [-0.25, -0.2) is 8.42 Å². The van der Waals surface area contributed by atoms with Crippen molar-refractivity contribution in [1.82, 2.24) is 0 Å². The molecule has 0 spiro atoms. The Morgan fingerprint density at radius 1 is 0.739 bits per heavy atom. The molecule has 0 atom stereocenters. The van der Waals surface area contributed by atoms with Crippen LogP contribution in [0, 0.1) is 41.5 Å². The summed E-state index contributed by atoms with van der Waals surface area (Å²) in [4.78, 5) is -0.307. The van der Waals surface area contributed by atoms with Crippen LogP contribution in [-0.4, -0.2) is 18.6 Å². The quantitative estimate of drug-likeness (QED) is 0.876. The zero-order chi connectivity index (χ0) is 17.7. The minimum atomic E-state index is -4.03. The molecule has 4 nitrogen and oxygen atoms in total. The van der Waals surface area contributed by atoms with Gasteiger partial charge in [-0.2, -0.15) is 0 Å². The fraction of sp³-hybridized carbons (Fsp3) is 0.333. The summed E-state index contributed by atoms with van der Waals surface area (Å²) in [6, 6.07) is 2.90. The van der Waals surface area contributed by atoms with Crippen LogP contribution in [-0.2, 0) is 9.84 Å². The molecule has 124 valence electrons. The second-order valence-corrected chi connectivity index (χ2v) is 7.94. The maximum atomic E-state index is 13.1. The van der Waals surface area contributed by atoms with Gasteiger partial charge >= 0.3 is 0 Å². The molecule has 0 unspecified atom stereocenters. The lowest BCUT2D eigenvalue weighted by atomic mass is 10.0. The standard InChI is InChI=1S/C18H22O4S/c1-9-7-15(19)18(14(6)12(9)4)23(21,22)16-8-10(2)11(3)13(5)17(16)20/h7-8,19-20H,1-6H3. The number of hydrogen-bond donors (Lipinski definition) is 2. The molecule has 0 bridgehead atoms. The monoisotopic (exact) mass is 334 g/mol. The second kappa shape index (κ2) is 5.57. The van der Waals surface area contributed by atoms with Crippen molar-refractivity contribution in [1.29, 1.82) is 0 Å². The molecule has 0 saturated carbocycles. The van der Waals surface area contributed by atoms with E-state index in [4.69, 9.17) is 0 Å². The first-order chi connectivity index (χ1) is 10.5. The van der Waals surface area contributed by atoms with Crippen molar-refractivity contribution in [3.63, 3.8) is 0 Å². The highest BCUT2D eigenvalue weighted by Gasteiger charge is 2.29. The second-order valence-electron chi connectivity index (χ2n) is 6.09. The maximum Gasteiger partial charge on any atom is 0.214 e. The van der Waals surface area contributed by atoms with Crippen LogP contribution in [0.15, 0.2) is 21.9 Å². The van der Waals surface area contributed by atoms with E-state index in [1.54, 1.807) is 20.8 Å². The molecule has 0 amide bonds. The summed E-state index contributed by atoms with van der Waals surface area (Å²) in [6.45, 7) is 10.6. The molecular weight excluding hydrogens is 312 g/mol. The van der Waals surface area contributed by atoms with Crippen LogP contribution in [0.4, 0.5) is 0 Å². The third-order valence-corrected chi connectivity index (χ3v) is 6.67. The number of aryl methyl sites for hydroxylation is 2. The van der Waals surface area contributed by atoms with Crippen LogP contribution >= 0.6 is 0 Å². The van der Waals surface area contributed by atoms with Crippen LogP contribution in [0.3, 0.4) is 0 Å². The maximum absolute atomic E-state index is 13.1. The van der Waals surface area contributed by atoms with Crippen molar-refractivity contribution in [2.45, 2.75) is 51.3 Å². The molecule has 0 radical (unpaired) electrons. The van der Waals surface area contributed by atoms with Gasteiger partial charge in [0.05, 0.1) is 0 Å². The number of aromatic hydroxyl groups is 2. The van der Waals surface area contributed by atoms with Gasteiger partial charge in [0.2, 0.25) is 9.84 Å². The number of hydrogen-bond acceptors (Lipinski definition) is 4. The minimum absolute atomic E-state index is 0.140. The molecule has 2 N–H and O–H groups in total. The minimum Gasteiger partial charge on any atom is -0.507 e. The van der Waals surface area contributed by atoms with Crippen LogP contribution in [0.25, 0.3) is 0 Å². The summed E-state index contributed by atoms with van der Waals surface area (Å²) in [7, 11) is -4.03. The summed E-state index contributed by atoms with van der Waals surface area (Å²) in [6.07, 6.45) is 0. The van der Waals surface area contributed by atoms with Crippen molar-refractivity contribution < 1.29 is 18.6 Å². The summed E-state index contributed by atoms with van der Waals surface area (Å²) in [5.41, 5.74) is 4.28. The Morgan fingerprint density at radius 3 is 1.78 bits per heavy atom. The van der Waals surface area contributed by atoms with Crippen LogP contribution in [0.5, 0.6) is 11.5 Å². The third-order valence-electron chi connectivity index (χ3n) is 4.73. The van der Waals surface area contributed by atoms with E-state index in [1.165, 1.54) is 12.1 Å². The summed E-state index contributed by atoms with van der Waals surface area (Å²) in [5.74, 6) is -0.550. The molecule has 2 aromatic rings. The summed E-state index contributed by atoms with van der Waals surface area (Å²) < 4.78 is 26.1. The van der Waals surface area contributed by atoms with E-state index >= 15 is 0 Å². The molecule has 0 aliphatic heterocycles. The van der Waals surface area contributed by atoms with E-state index < -0.39 is 9.84 Å². The molecular formula is C18H22O4S. The molecule has 0 heterocycles. The first-order valence-electron chi connectivity index (χ1n) is 7.34. The van der Waals surface area contributed by atoms with E-state index in [-0.39, 0.29) is 21.3 Å². The molecule has 23 heavy (non-hydrogen) atoms. The van der Waals surface area contributed by atoms with Gasteiger partial charge in [-0.05, 0) is 87.1 Å². The van der Waals surface area contributed by atoms with Crippen molar-refractivity contribution >= 4 is 9.84 Å².